The molecule has 1 amide bonds. The topological polar surface area (TPSA) is 59.0 Å². The van der Waals surface area contributed by atoms with E-state index in [0.29, 0.717) is 0 Å². The van der Waals surface area contributed by atoms with E-state index in [0.717, 1.165) is 16.9 Å². The first kappa shape index (κ1) is 13.5. The van der Waals surface area contributed by atoms with Gasteiger partial charge in [0.05, 0.1) is 23.1 Å². The van der Waals surface area contributed by atoms with Gasteiger partial charge in [0.25, 0.3) is 0 Å². The molecule has 0 spiro atoms. The number of para-hydroxylation sites is 2. The van der Waals surface area contributed by atoms with E-state index in [1.165, 1.54) is 0 Å². The third kappa shape index (κ3) is 2.61. The maximum absolute atomic E-state index is 11.5. The van der Waals surface area contributed by atoms with Gasteiger partial charge in [0, 0.05) is 14.1 Å². The van der Waals surface area contributed by atoms with Crippen molar-refractivity contribution < 1.29 is 4.79 Å². The maximum atomic E-state index is 11.5. The van der Waals surface area contributed by atoms with Crippen molar-refractivity contribution in [3.63, 3.8) is 0 Å². The fourth-order valence-electron chi connectivity index (χ4n) is 2.29. The van der Waals surface area contributed by atoms with Gasteiger partial charge < -0.3 is 9.88 Å². The van der Waals surface area contributed by atoms with Gasteiger partial charge in [-0.1, -0.05) is 12.1 Å². The molecule has 1 aromatic carbocycles. The molecule has 2 N–H and O–H groups in total. The number of aryl methyl sites for hydroxylation is 1. The lowest BCUT2D eigenvalue weighted by Gasteiger charge is -2.18. The molecule has 2 aromatic rings. The molecule has 0 aliphatic heterocycles. The van der Waals surface area contributed by atoms with Gasteiger partial charge in [-0.05, 0) is 26.0 Å². The molecule has 2 unspecified atom stereocenters. The Bertz CT molecular complexity index is 590. The van der Waals surface area contributed by atoms with Crippen LogP contribution in [0.15, 0.2) is 24.3 Å². The predicted molar refractivity (Wildman–Crippen MR) is 75.8 cm³/mol. The maximum Gasteiger partial charge on any atom is 0.236 e. The van der Waals surface area contributed by atoms with Crippen molar-refractivity contribution in [2.24, 2.45) is 7.05 Å². The van der Waals surface area contributed by atoms with Gasteiger partial charge >= 0.3 is 0 Å². The summed E-state index contributed by atoms with van der Waals surface area (Å²) in [5.41, 5.74) is 2.07. The van der Waals surface area contributed by atoms with Gasteiger partial charge in [0.15, 0.2) is 0 Å². The van der Waals surface area contributed by atoms with Crippen molar-refractivity contribution in [2.45, 2.75) is 25.9 Å². The average molecular weight is 260 g/mol. The number of benzene rings is 1. The Hall–Kier alpha value is -1.88. The molecule has 0 aliphatic carbocycles. The van der Waals surface area contributed by atoms with Gasteiger partial charge in [0.2, 0.25) is 5.91 Å². The van der Waals surface area contributed by atoms with E-state index >= 15 is 0 Å². The van der Waals surface area contributed by atoms with Crippen LogP contribution in [0.2, 0.25) is 0 Å². The monoisotopic (exact) mass is 260 g/mol. The number of fused-ring (bicyclic) bond motifs is 1. The van der Waals surface area contributed by atoms with Crippen LogP contribution in [-0.4, -0.2) is 28.5 Å². The molecule has 0 aliphatic rings. The van der Waals surface area contributed by atoms with Crippen molar-refractivity contribution in [1.29, 1.82) is 0 Å². The standard InChI is InChI=1S/C14H20N4O/c1-9(16-10(2)14(19)15-3)13-17-11-7-5-6-8-12(11)18(13)4/h5-10,16H,1-4H3,(H,15,19). The summed E-state index contributed by atoms with van der Waals surface area (Å²) in [6, 6.07) is 7.77. The number of carbonyl (C=O) groups excluding carboxylic acids is 1. The summed E-state index contributed by atoms with van der Waals surface area (Å²) in [6.07, 6.45) is 0. The van der Waals surface area contributed by atoms with Crippen LogP contribution in [0.4, 0.5) is 0 Å². The summed E-state index contributed by atoms with van der Waals surface area (Å²) in [6.45, 7) is 3.86. The number of hydrogen-bond donors (Lipinski definition) is 2. The van der Waals surface area contributed by atoms with Crippen molar-refractivity contribution >= 4 is 16.9 Å². The molecule has 0 radical (unpaired) electrons. The summed E-state index contributed by atoms with van der Waals surface area (Å²) in [5, 5.41) is 5.89. The molecule has 1 heterocycles. The van der Waals surface area contributed by atoms with Crippen molar-refractivity contribution in [3.8, 4) is 0 Å². The number of rotatable bonds is 4. The van der Waals surface area contributed by atoms with Crippen LogP contribution in [0.5, 0.6) is 0 Å². The lowest BCUT2D eigenvalue weighted by atomic mass is 10.2. The summed E-state index contributed by atoms with van der Waals surface area (Å²) in [4.78, 5) is 16.2. The van der Waals surface area contributed by atoms with Gasteiger partial charge in [-0.25, -0.2) is 4.98 Å². The van der Waals surface area contributed by atoms with Crippen LogP contribution in [0.25, 0.3) is 11.0 Å². The Morgan fingerprint density at radius 3 is 2.63 bits per heavy atom. The Kier molecular flexibility index (Phi) is 3.85. The minimum Gasteiger partial charge on any atom is -0.358 e. The predicted octanol–water partition coefficient (Wildman–Crippen LogP) is 1.36. The third-order valence-electron chi connectivity index (χ3n) is 3.35. The van der Waals surface area contributed by atoms with Crippen LogP contribution in [0.3, 0.4) is 0 Å². The second-order valence-electron chi connectivity index (χ2n) is 4.74. The number of likely N-dealkylation sites (N-methyl/N-ethyl adjacent to an activating group) is 1. The Morgan fingerprint density at radius 2 is 2.00 bits per heavy atom. The third-order valence-corrected chi connectivity index (χ3v) is 3.35. The molecule has 102 valence electrons. The highest BCUT2D eigenvalue weighted by Gasteiger charge is 2.19. The minimum atomic E-state index is -0.250. The highest BCUT2D eigenvalue weighted by atomic mass is 16.2. The van der Waals surface area contributed by atoms with E-state index in [1.54, 1.807) is 7.05 Å². The number of nitrogens with zero attached hydrogens (tertiary/aromatic N) is 2. The number of amides is 1. The molecule has 5 nitrogen and oxygen atoms in total. The smallest absolute Gasteiger partial charge is 0.236 e. The van der Waals surface area contributed by atoms with E-state index < -0.39 is 0 Å². The first-order chi connectivity index (χ1) is 9.04. The zero-order chi connectivity index (χ0) is 14.0. The van der Waals surface area contributed by atoms with Crippen LogP contribution in [0.1, 0.15) is 25.7 Å². The van der Waals surface area contributed by atoms with Gasteiger partial charge in [-0.2, -0.15) is 0 Å². The number of hydrogen-bond acceptors (Lipinski definition) is 3. The highest BCUT2D eigenvalue weighted by molar-refractivity contribution is 5.81. The van der Waals surface area contributed by atoms with Gasteiger partial charge in [-0.15, -0.1) is 0 Å². The molecular weight excluding hydrogens is 240 g/mol. The Labute approximate surface area is 113 Å². The molecule has 1 aromatic heterocycles. The molecule has 2 atom stereocenters. The van der Waals surface area contributed by atoms with Gasteiger partial charge in [-0.3, -0.25) is 10.1 Å². The van der Waals surface area contributed by atoms with Crippen LogP contribution < -0.4 is 10.6 Å². The number of aromatic nitrogens is 2. The van der Waals surface area contributed by atoms with E-state index in [1.807, 2.05) is 45.2 Å². The molecule has 5 heteroatoms. The van der Waals surface area contributed by atoms with E-state index in [4.69, 9.17) is 0 Å². The lowest BCUT2D eigenvalue weighted by Crippen LogP contribution is -2.42. The van der Waals surface area contributed by atoms with Crippen LogP contribution in [-0.2, 0) is 11.8 Å². The largest absolute Gasteiger partial charge is 0.358 e. The normalized spacial score (nSPS) is 14.3. The highest BCUT2D eigenvalue weighted by Crippen LogP contribution is 2.19. The molecule has 0 saturated carbocycles. The molecule has 19 heavy (non-hydrogen) atoms. The second-order valence-corrected chi connectivity index (χ2v) is 4.74. The van der Waals surface area contributed by atoms with Gasteiger partial charge in [0.1, 0.15) is 5.82 Å². The Morgan fingerprint density at radius 1 is 1.32 bits per heavy atom. The number of imidazole rings is 1. The first-order valence-corrected chi connectivity index (χ1v) is 6.43. The molecule has 0 bridgehead atoms. The summed E-state index contributed by atoms with van der Waals surface area (Å²) in [7, 11) is 3.63. The summed E-state index contributed by atoms with van der Waals surface area (Å²) < 4.78 is 2.06. The molecule has 0 fully saturated rings. The van der Waals surface area contributed by atoms with Crippen molar-refractivity contribution in [1.82, 2.24) is 20.2 Å². The average Bonchev–Trinajstić information content (AvgIpc) is 2.75. The Balaban J connectivity index is 2.24. The molecule has 2 rings (SSSR count). The zero-order valence-electron chi connectivity index (χ0n) is 11.8. The van der Waals surface area contributed by atoms with Crippen LogP contribution in [0, 0.1) is 0 Å². The minimum absolute atomic E-state index is 0.00435. The van der Waals surface area contributed by atoms with Crippen molar-refractivity contribution in [2.75, 3.05) is 7.05 Å². The molecule has 0 saturated heterocycles. The number of nitrogens with one attached hydrogen (secondary N) is 2. The van der Waals surface area contributed by atoms with E-state index in [9.17, 15) is 4.79 Å². The molecular formula is C14H20N4O. The second kappa shape index (κ2) is 5.40. The zero-order valence-corrected chi connectivity index (χ0v) is 11.8. The number of carbonyl (C=O) groups is 1. The van der Waals surface area contributed by atoms with Crippen LogP contribution >= 0.6 is 0 Å². The fourth-order valence-corrected chi connectivity index (χ4v) is 2.29. The lowest BCUT2D eigenvalue weighted by molar-refractivity contribution is -0.122. The quantitative estimate of drug-likeness (QED) is 0.872. The summed E-state index contributed by atoms with van der Waals surface area (Å²) >= 11 is 0. The first-order valence-electron chi connectivity index (χ1n) is 6.43. The van der Waals surface area contributed by atoms with E-state index in [2.05, 4.69) is 20.2 Å². The summed E-state index contributed by atoms with van der Waals surface area (Å²) in [5.74, 6) is 0.905. The van der Waals surface area contributed by atoms with Crippen molar-refractivity contribution in [3.05, 3.63) is 30.1 Å². The SMILES string of the molecule is CNC(=O)C(C)NC(C)c1nc2ccccc2n1C. The van der Waals surface area contributed by atoms with E-state index in [-0.39, 0.29) is 18.0 Å². The fraction of sp³-hybridized carbons (Fsp3) is 0.429.